The molecule has 1 aromatic carbocycles. The van der Waals surface area contributed by atoms with Gasteiger partial charge < -0.3 is 9.72 Å². The second kappa shape index (κ2) is 5.87. The summed E-state index contributed by atoms with van der Waals surface area (Å²) in [6.07, 6.45) is 8.07. The van der Waals surface area contributed by atoms with E-state index in [1.165, 1.54) is 42.6 Å². The first-order chi connectivity index (χ1) is 11.8. The lowest BCUT2D eigenvalue weighted by molar-refractivity contribution is 0.0853. The van der Waals surface area contributed by atoms with Crippen LogP contribution in [0.1, 0.15) is 68.7 Å². The molecule has 1 aromatic heterocycles. The molecular formula is C21H28N2O. The smallest absolute Gasteiger partial charge is 0.110 e. The van der Waals surface area contributed by atoms with Crippen LogP contribution in [-0.4, -0.2) is 23.2 Å². The maximum atomic E-state index is 5.51. The standard InChI is InChI=1S/C21H28N2O/c1-13(20(15-2-3-15)16-4-5-16)21-22-18-7-6-17(12-19(18)23-21)14-8-10-24-11-9-14/h6-7,12-16,20H,2-5,8-11H2,1H3,(H,22,23). The minimum absolute atomic E-state index is 0.573. The molecule has 2 aromatic rings. The molecule has 3 heteroatoms. The number of hydrogen-bond donors (Lipinski definition) is 1. The van der Waals surface area contributed by atoms with Crippen LogP contribution in [0.2, 0.25) is 0 Å². The van der Waals surface area contributed by atoms with Crippen LogP contribution in [0.25, 0.3) is 11.0 Å². The van der Waals surface area contributed by atoms with Crippen molar-refractivity contribution < 1.29 is 4.74 Å². The van der Waals surface area contributed by atoms with E-state index < -0.39 is 0 Å². The summed E-state index contributed by atoms with van der Waals surface area (Å²) in [5.74, 6) is 5.25. The average molecular weight is 324 g/mol. The zero-order chi connectivity index (χ0) is 16.1. The summed E-state index contributed by atoms with van der Waals surface area (Å²) < 4.78 is 5.51. The van der Waals surface area contributed by atoms with Crippen molar-refractivity contribution >= 4 is 11.0 Å². The largest absolute Gasteiger partial charge is 0.381 e. The van der Waals surface area contributed by atoms with Crippen molar-refractivity contribution in [3.05, 3.63) is 29.6 Å². The number of aromatic nitrogens is 2. The van der Waals surface area contributed by atoms with Crippen molar-refractivity contribution in [1.29, 1.82) is 0 Å². The van der Waals surface area contributed by atoms with Crippen LogP contribution in [0.4, 0.5) is 0 Å². The van der Waals surface area contributed by atoms with Gasteiger partial charge in [-0.1, -0.05) is 13.0 Å². The molecule has 128 valence electrons. The Morgan fingerprint density at radius 1 is 1.04 bits per heavy atom. The SMILES string of the molecule is CC(c1nc2ccc(C3CCOCC3)cc2[nH]1)C(C1CC1)C1CC1. The summed E-state index contributed by atoms with van der Waals surface area (Å²) in [5, 5.41) is 0. The lowest BCUT2D eigenvalue weighted by atomic mass is 9.85. The monoisotopic (exact) mass is 324 g/mol. The van der Waals surface area contributed by atoms with E-state index in [2.05, 4.69) is 30.1 Å². The highest BCUT2D eigenvalue weighted by atomic mass is 16.5. The third-order valence-corrected chi connectivity index (χ3v) is 6.56. The number of aromatic amines is 1. The minimum atomic E-state index is 0.573. The lowest BCUT2D eigenvalue weighted by Crippen LogP contribution is -2.15. The van der Waals surface area contributed by atoms with Crippen molar-refractivity contribution in [2.75, 3.05) is 13.2 Å². The molecule has 0 amide bonds. The van der Waals surface area contributed by atoms with E-state index in [1.807, 2.05) is 0 Å². The molecule has 1 atom stereocenters. The van der Waals surface area contributed by atoms with Crippen LogP contribution in [0.3, 0.4) is 0 Å². The molecule has 0 bridgehead atoms. The van der Waals surface area contributed by atoms with E-state index in [4.69, 9.17) is 9.72 Å². The first kappa shape index (κ1) is 14.9. The summed E-state index contributed by atoms with van der Waals surface area (Å²) in [6.45, 7) is 4.20. The van der Waals surface area contributed by atoms with Gasteiger partial charge in [0.1, 0.15) is 5.82 Å². The van der Waals surface area contributed by atoms with Crippen LogP contribution in [0.5, 0.6) is 0 Å². The molecule has 3 fully saturated rings. The van der Waals surface area contributed by atoms with Gasteiger partial charge in [-0.15, -0.1) is 0 Å². The molecule has 0 spiro atoms. The molecule has 2 saturated carbocycles. The molecule has 1 N–H and O–H groups in total. The number of nitrogens with zero attached hydrogens (tertiary/aromatic N) is 1. The number of rotatable bonds is 5. The van der Waals surface area contributed by atoms with Crippen molar-refractivity contribution in [3.8, 4) is 0 Å². The molecule has 0 radical (unpaired) electrons. The minimum Gasteiger partial charge on any atom is -0.381 e. The molecule has 3 nitrogen and oxygen atoms in total. The van der Waals surface area contributed by atoms with Crippen LogP contribution in [0, 0.1) is 17.8 Å². The third-order valence-electron chi connectivity index (χ3n) is 6.56. The van der Waals surface area contributed by atoms with Crippen molar-refractivity contribution in [2.45, 2.75) is 57.3 Å². The molecule has 5 rings (SSSR count). The van der Waals surface area contributed by atoms with Crippen molar-refractivity contribution in [1.82, 2.24) is 9.97 Å². The van der Waals surface area contributed by atoms with Gasteiger partial charge in [-0.2, -0.15) is 0 Å². The van der Waals surface area contributed by atoms with Crippen LogP contribution in [-0.2, 0) is 4.74 Å². The highest BCUT2D eigenvalue weighted by molar-refractivity contribution is 5.76. The third kappa shape index (κ3) is 2.77. The number of nitrogens with one attached hydrogen (secondary N) is 1. The van der Waals surface area contributed by atoms with Gasteiger partial charge >= 0.3 is 0 Å². The molecule has 1 aliphatic heterocycles. The quantitative estimate of drug-likeness (QED) is 0.840. The second-order valence-electron chi connectivity index (χ2n) is 8.33. The van der Waals surface area contributed by atoms with Crippen molar-refractivity contribution in [3.63, 3.8) is 0 Å². The van der Waals surface area contributed by atoms with Gasteiger partial charge in [-0.25, -0.2) is 4.98 Å². The lowest BCUT2D eigenvalue weighted by Gasteiger charge is -2.22. The van der Waals surface area contributed by atoms with Crippen LogP contribution >= 0.6 is 0 Å². The van der Waals surface area contributed by atoms with E-state index in [0.717, 1.165) is 49.3 Å². The molecule has 3 aliphatic rings. The Hall–Kier alpha value is -1.35. The first-order valence-corrected chi connectivity index (χ1v) is 9.87. The predicted molar refractivity (Wildman–Crippen MR) is 96.2 cm³/mol. The average Bonchev–Trinajstić information content (AvgIpc) is 3.55. The number of benzene rings is 1. The molecule has 1 unspecified atom stereocenters. The summed E-state index contributed by atoms with van der Waals surface area (Å²) in [4.78, 5) is 8.64. The summed E-state index contributed by atoms with van der Waals surface area (Å²) in [7, 11) is 0. The van der Waals surface area contributed by atoms with Gasteiger partial charge in [-0.3, -0.25) is 0 Å². The molecule has 2 heterocycles. The van der Waals surface area contributed by atoms with Crippen LogP contribution in [0.15, 0.2) is 18.2 Å². The fourth-order valence-corrected chi connectivity index (χ4v) is 4.89. The molecule has 2 aliphatic carbocycles. The van der Waals surface area contributed by atoms with Gasteiger partial charge in [-0.05, 0) is 79.9 Å². The molecule has 1 saturated heterocycles. The van der Waals surface area contributed by atoms with Gasteiger partial charge in [0.25, 0.3) is 0 Å². The zero-order valence-electron chi connectivity index (χ0n) is 14.6. The summed E-state index contributed by atoms with van der Waals surface area (Å²) in [5.41, 5.74) is 3.82. The fraction of sp³-hybridized carbons (Fsp3) is 0.667. The predicted octanol–water partition coefficient (Wildman–Crippen LogP) is 5.00. The highest BCUT2D eigenvalue weighted by Gasteiger charge is 2.45. The van der Waals surface area contributed by atoms with Crippen LogP contribution < -0.4 is 0 Å². The van der Waals surface area contributed by atoms with E-state index in [1.54, 1.807) is 0 Å². The first-order valence-electron chi connectivity index (χ1n) is 9.87. The highest BCUT2D eigenvalue weighted by Crippen LogP contribution is 2.54. The zero-order valence-corrected chi connectivity index (χ0v) is 14.6. The Kier molecular flexibility index (Phi) is 3.66. The van der Waals surface area contributed by atoms with Gasteiger partial charge in [0.05, 0.1) is 11.0 Å². The summed E-state index contributed by atoms with van der Waals surface area (Å²) >= 11 is 0. The Labute approximate surface area is 144 Å². The number of hydrogen-bond acceptors (Lipinski definition) is 2. The van der Waals surface area contributed by atoms with E-state index in [-0.39, 0.29) is 0 Å². The van der Waals surface area contributed by atoms with Gasteiger partial charge in [0.2, 0.25) is 0 Å². The second-order valence-corrected chi connectivity index (χ2v) is 8.33. The molecular weight excluding hydrogens is 296 g/mol. The van der Waals surface area contributed by atoms with E-state index >= 15 is 0 Å². The maximum absolute atomic E-state index is 5.51. The molecule has 24 heavy (non-hydrogen) atoms. The van der Waals surface area contributed by atoms with Gasteiger partial charge in [0, 0.05) is 19.1 Å². The number of imidazole rings is 1. The Morgan fingerprint density at radius 3 is 2.42 bits per heavy atom. The Bertz CT molecular complexity index is 711. The number of fused-ring (bicyclic) bond motifs is 1. The number of H-pyrrole nitrogens is 1. The Balaban J connectivity index is 1.42. The summed E-state index contributed by atoms with van der Waals surface area (Å²) in [6, 6.07) is 6.85. The Morgan fingerprint density at radius 2 is 1.75 bits per heavy atom. The maximum Gasteiger partial charge on any atom is 0.110 e. The van der Waals surface area contributed by atoms with Crippen molar-refractivity contribution in [2.24, 2.45) is 17.8 Å². The van der Waals surface area contributed by atoms with E-state index in [0.29, 0.717) is 11.8 Å². The van der Waals surface area contributed by atoms with E-state index in [9.17, 15) is 0 Å². The normalized spacial score (nSPS) is 23.9. The topological polar surface area (TPSA) is 37.9 Å². The fourth-order valence-electron chi connectivity index (χ4n) is 4.89. The number of ether oxygens (including phenoxy) is 1. The van der Waals surface area contributed by atoms with Gasteiger partial charge in [0.15, 0.2) is 0 Å².